The van der Waals surface area contributed by atoms with Crippen LogP contribution < -0.4 is 0 Å². The molecule has 1 fully saturated rings. The molecule has 0 radical (unpaired) electrons. The van der Waals surface area contributed by atoms with Gasteiger partial charge in [-0.05, 0) is 63.6 Å². The molecule has 1 aliphatic rings. The fourth-order valence-electron chi connectivity index (χ4n) is 2.77. The van der Waals surface area contributed by atoms with E-state index in [1.165, 1.54) is 0 Å². The summed E-state index contributed by atoms with van der Waals surface area (Å²) in [6.07, 6.45) is 3.42. The molecule has 0 spiro atoms. The van der Waals surface area contributed by atoms with Gasteiger partial charge in [-0.3, -0.25) is 4.79 Å². The normalized spacial score (nSPS) is 19.8. The summed E-state index contributed by atoms with van der Waals surface area (Å²) in [6, 6.07) is 7.67. The molecule has 0 saturated carbocycles. The van der Waals surface area contributed by atoms with E-state index < -0.39 is 5.60 Å². The summed E-state index contributed by atoms with van der Waals surface area (Å²) in [4.78, 5) is 14.4. The number of benzene rings is 1. The van der Waals surface area contributed by atoms with Gasteiger partial charge in [-0.15, -0.1) is 0 Å². The predicted octanol–water partition coefficient (Wildman–Crippen LogP) is 2.38. The largest absolute Gasteiger partial charge is 0.393 e. The molecule has 1 heterocycles. The van der Waals surface area contributed by atoms with Crippen LogP contribution in [-0.2, 0) is 6.42 Å². The van der Waals surface area contributed by atoms with Crippen LogP contribution >= 0.6 is 0 Å². The molecule has 0 bridgehead atoms. The SMILES string of the molecule is CC(C)(O)CCc1cccc(C(=O)N2CCCC(O)CC2)c1. The van der Waals surface area contributed by atoms with Crippen molar-refractivity contribution in [2.75, 3.05) is 13.1 Å². The summed E-state index contributed by atoms with van der Waals surface area (Å²) in [5.74, 6) is 0.0409. The van der Waals surface area contributed by atoms with Crippen LogP contribution in [0.4, 0.5) is 0 Å². The number of likely N-dealkylation sites (tertiary alicyclic amines) is 1. The van der Waals surface area contributed by atoms with Crippen LogP contribution in [-0.4, -0.2) is 45.8 Å². The molecule has 2 N–H and O–H groups in total. The highest BCUT2D eigenvalue weighted by Gasteiger charge is 2.20. The second-order valence-corrected chi connectivity index (χ2v) is 6.89. The van der Waals surface area contributed by atoms with Crippen LogP contribution in [0, 0.1) is 0 Å². The van der Waals surface area contributed by atoms with Crippen LogP contribution in [0.15, 0.2) is 24.3 Å². The zero-order valence-electron chi connectivity index (χ0n) is 13.6. The van der Waals surface area contributed by atoms with Crippen LogP contribution in [0.2, 0.25) is 0 Å². The number of aryl methyl sites for hydroxylation is 1. The summed E-state index contributed by atoms with van der Waals surface area (Å²) in [5, 5.41) is 19.5. The lowest BCUT2D eigenvalue weighted by Gasteiger charge is -2.21. The van der Waals surface area contributed by atoms with Gasteiger partial charge in [-0.25, -0.2) is 0 Å². The Morgan fingerprint density at radius 1 is 1.32 bits per heavy atom. The Balaban J connectivity index is 2.03. The van der Waals surface area contributed by atoms with Crippen molar-refractivity contribution in [3.8, 4) is 0 Å². The lowest BCUT2D eigenvalue weighted by molar-refractivity contribution is 0.0714. The minimum atomic E-state index is -0.694. The maximum absolute atomic E-state index is 12.6. The average molecular weight is 305 g/mol. The van der Waals surface area contributed by atoms with E-state index in [-0.39, 0.29) is 12.0 Å². The highest BCUT2D eigenvalue weighted by molar-refractivity contribution is 5.94. The Labute approximate surface area is 132 Å². The molecule has 1 aromatic rings. The van der Waals surface area contributed by atoms with Crippen molar-refractivity contribution in [1.29, 1.82) is 0 Å². The van der Waals surface area contributed by atoms with Crippen molar-refractivity contribution in [2.45, 2.75) is 57.7 Å². The molecule has 1 unspecified atom stereocenters. The number of hydrogen-bond acceptors (Lipinski definition) is 3. The molecule has 1 amide bonds. The molecule has 1 atom stereocenters. The maximum atomic E-state index is 12.6. The van der Waals surface area contributed by atoms with E-state index >= 15 is 0 Å². The lowest BCUT2D eigenvalue weighted by Crippen LogP contribution is -2.32. The Hall–Kier alpha value is -1.39. The Morgan fingerprint density at radius 2 is 2.09 bits per heavy atom. The van der Waals surface area contributed by atoms with Gasteiger partial charge in [-0.1, -0.05) is 12.1 Å². The number of aliphatic hydroxyl groups is 2. The van der Waals surface area contributed by atoms with Crippen LogP contribution in [0.25, 0.3) is 0 Å². The first-order valence-corrected chi connectivity index (χ1v) is 8.14. The highest BCUT2D eigenvalue weighted by Crippen LogP contribution is 2.17. The number of amides is 1. The number of rotatable bonds is 4. The van der Waals surface area contributed by atoms with Crippen molar-refractivity contribution in [3.05, 3.63) is 35.4 Å². The number of hydrogen-bond donors (Lipinski definition) is 2. The maximum Gasteiger partial charge on any atom is 0.253 e. The third-order valence-electron chi connectivity index (χ3n) is 4.18. The van der Waals surface area contributed by atoms with Gasteiger partial charge in [0.25, 0.3) is 5.91 Å². The predicted molar refractivity (Wildman–Crippen MR) is 86.8 cm³/mol. The van der Waals surface area contributed by atoms with E-state index in [1.54, 1.807) is 13.8 Å². The monoisotopic (exact) mass is 305 g/mol. The Bertz CT molecular complexity index is 507. The number of carbonyl (C=O) groups is 1. The molecule has 1 saturated heterocycles. The summed E-state index contributed by atoms with van der Waals surface area (Å²) >= 11 is 0. The number of aliphatic hydroxyl groups excluding tert-OH is 1. The molecule has 4 nitrogen and oxygen atoms in total. The molecule has 1 aromatic carbocycles. The van der Waals surface area contributed by atoms with Crippen molar-refractivity contribution >= 4 is 5.91 Å². The summed E-state index contributed by atoms with van der Waals surface area (Å²) in [7, 11) is 0. The summed E-state index contributed by atoms with van der Waals surface area (Å²) in [6.45, 7) is 4.92. The molecule has 2 rings (SSSR count). The standard InChI is InChI=1S/C18H27NO3/c1-18(2,22)10-8-14-5-3-6-15(13-14)17(21)19-11-4-7-16(20)9-12-19/h3,5-6,13,16,20,22H,4,7-12H2,1-2H3. The number of carbonyl (C=O) groups excluding carboxylic acids is 1. The topological polar surface area (TPSA) is 60.8 Å². The fourth-order valence-corrected chi connectivity index (χ4v) is 2.77. The van der Waals surface area contributed by atoms with Gasteiger partial charge in [0.05, 0.1) is 11.7 Å². The minimum absolute atomic E-state index is 0.0409. The molecule has 4 heteroatoms. The van der Waals surface area contributed by atoms with E-state index in [0.717, 1.165) is 24.8 Å². The molecular weight excluding hydrogens is 278 g/mol. The molecule has 0 aromatic heterocycles. The molecule has 122 valence electrons. The quantitative estimate of drug-likeness (QED) is 0.898. The van der Waals surface area contributed by atoms with E-state index in [2.05, 4.69) is 0 Å². The van der Waals surface area contributed by atoms with E-state index in [4.69, 9.17) is 0 Å². The van der Waals surface area contributed by atoms with Crippen molar-refractivity contribution in [2.24, 2.45) is 0 Å². The molecule has 1 aliphatic heterocycles. The van der Waals surface area contributed by atoms with Gasteiger partial charge in [0, 0.05) is 18.7 Å². The first kappa shape index (κ1) is 17.0. The van der Waals surface area contributed by atoms with Gasteiger partial charge in [0.15, 0.2) is 0 Å². The van der Waals surface area contributed by atoms with Crippen molar-refractivity contribution in [3.63, 3.8) is 0 Å². The van der Waals surface area contributed by atoms with Gasteiger partial charge < -0.3 is 15.1 Å². The van der Waals surface area contributed by atoms with Crippen LogP contribution in [0.1, 0.15) is 55.5 Å². The van der Waals surface area contributed by atoms with Crippen LogP contribution in [0.5, 0.6) is 0 Å². The zero-order valence-corrected chi connectivity index (χ0v) is 13.6. The van der Waals surface area contributed by atoms with E-state index in [9.17, 15) is 15.0 Å². The van der Waals surface area contributed by atoms with E-state index in [1.807, 2.05) is 29.2 Å². The summed E-state index contributed by atoms with van der Waals surface area (Å²) in [5.41, 5.74) is 1.08. The smallest absolute Gasteiger partial charge is 0.253 e. The third-order valence-corrected chi connectivity index (χ3v) is 4.18. The Kier molecular flexibility index (Phi) is 5.59. The zero-order chi connectivity index (χ0) is 16.2. The molecule has 0 aliphatic carbocycles. The second-order valence-electron chi connectivity index (χ2n) is 6.89. The first-order valence-electron chi connectivity index (χ1n) is 8.14. The van der Waals surface area contributed by atoms with Gasteiger partial charge in [-0.2, -0.15) is 0 Å². The van der Waals surface area contributed by atoms with Crippen LogP contribution in [0.3, 0.4) is 0 Å². The lowest BCUT2D eigenvalue weighted by atomic mass is 9.97. The second kappa shape index (κ2) is 7.25. The fraction of sp³-hybridized carbons (Fsp3) is 0.611. The highest BCUT2D eigenvalue weighted by atomic mass is 16.3. The molecular formula is C18H27NO3. The average Bonchev–Trinajstić information content (AvgIpc) is 2.69. The Morgan fingerprint density at radius 3 is 2.82 bits per heavy atom. The third kappa shape index (κ3) is 5.11. The van der Waals surface area contributed by atoms with E-state index in [0.29, 0.717) is 31.5 Å². The van der Waals surface area contributed by atoms with Crippen molar-refractivity contribution in [1.82, 2.24) is 4.90 Å². The van der Waals surface area contributed by atoms with Crippen molar-refractivity contribution < 1.29 is 15.0 Å². The molecule has 22 heavy (non-hydrogen) atoms. The van der Waals surface area contributed by atoms with Gasteiger partial charge in [0.2, 0.25) is 0 Å². The first-order chi connectivity index (χ1) is 10.3. The number of nitrogens with zero attached hydrogens (tertiary/aromatic N) is 1. The van der Waals surface area contributed by atoms with Gasteiger partial charge in [0.1, 0.15) is 0 Å². The summed E-state index contributed by atoms with van der Waals surface area (Å²) < 4.78 is 0. The van der Waals surface area contributed by atoms with Gasteiger partial charge >= 0.3 is 0 Å². The minimum Gasteiger partial charge on any atom is -0.393 e.